The number of amides is 2. The van der Waals surface area contributed by atoms with Crippen molar-refractivity contribution >= 4 is 6.03 Å². The SMILES string of the molecule is CC1CCC(NC(=O)NCc2ccccc2CO)CC1. The lowest BCUT2D eigenvalue weighted by Gasteiger charge is -2.27. The number of hydrogen-bond acceptors (Lipinski definition) is 2. The van der Waals surface area contributed by atoms with Crippen LogP contribution in [0.5, 0.6) is 0 Å². The fraction of sp³-hybridized carbons (Fsp3) is 0.562. The number of benzene rings is 1. The lowest BCUT2D eigenvalue weighted by atomic mass is 9.87. The summed E-state index contributed by atoms with van der Waals surface area (Å²) in [5.74, 6) is 0.785. The second-order valence-corrected chi connectivity index (χ2v) is 5.71. The van der Waals surface area contributed by atoms with Gasteiger partial charge in [-0.15, -0.1) is 0 Å². The summed E-state index contributed by atoms with van der Waals surface area (Å²) in [5, 5.41) is 15.1. The van der Waals surface area contributed by atoms with Gasteiger partial charge in [0.15, 0.2) is 0 Å². The fourth-order valence-electron chi connectivity index (χ4n) is 2.70. The molecule has 4 heteroatoms. The summed E-state index contributed by atoms with van der Waals surface area (Å²) >= 11 is 0. The second kappa shape index (κ2) is 7.29. The second-order valence-electron chi connectivity index (χ2n) is 5.71. The van der Waals surface area contributed by atoms with Gasteiger partial charge in [0.2, 0.25) is 0 Å². The fourth-order valence-corrected chi connectivity index (χ4v) is 2.70. The Hall–Kier alpha value is -1.55. The summed E-state index contributed by atoms with van der Waals surface area (Å²) in [7, 11) is 0. The Balaban J connectivity index is 1.77. The smallest absolute Gasteiger partial charge is 0.315 e. The van der Waals surface area contributed by atoms with E-state index >= 15 is 0 Å². The highest BCUT2D eigenvalue weighted by Gasteiger charge is 2.19. The van der Waals surface area contributed by atoms with Crippen LogP contribution in [0.2, 0.25) is 0 Å². The minimum absolute atomic E-state index is 0.0000141. The molecule has 0 saturated heterocycles. The van der Waals surface area contributed by atoms with Gasteiger partial charge in [-0.2, -0.15) is 0 Å². The molecule has 0 bridgehead atoms. The van der Waals surface area contributed by atoms with Gasteiger partial charge in [0.25, 0.3) is 0 Å². The average Bonchev–Trinajstić information content (AvgIpc) is 2.48. The lowest BCUT2D eigenvalue weighted by Crippen LogP contribution is -2.43. The van der Waals surface area contributed by atoms with Crippen LogP contribution in [0.4, 0.5) is 4.79 Å². The summed E-state index contributed by atoms with van der Waals surface area (Å²) in [6.45, 7) is 2.72. The highest BCUT2D eigenvalue weighted by atomic mass is 16.3. The molecule has 0 atom stereocenters. The molecular weight excluding hydrogens is 252 g/mol. The quantitative estimate of drug-likeness (QED) is 0.791. The van der Waals surface area contributed by atoms with E-state index in [-0.39, 0.29) is 12.6 Å². The number of rotatable bonds is 4. The first-order valence-corrected chi connectivity index (χ1v) is 7.41. The molecular formula is C16H24N2O2. The van der Waals surface area contributed by atoms with Gasteiger partial charge in [-0.1, -0.05) is 31.2 Å². The Labute approximate surface area is 120 Å². The molecule has 1 fully saturated rings. The molecule has 110 valence electrons. The normalized spacial score (nSPS) is 22.3. The summed E-state index contributed by atoms with van der Waals surface area (Å²) in [4.78, 5) is 11.9. The zero-order valence-electron chi connectivity index (χ0n) is 12.1. The standard InChI is InChI=1S/C16H24N2O2/c1-12-6-8-15(9-7-12)18-16(20)17-10-13-4-2-3-5-14(13)11-19/h2-5,12,15,19H,6-11H2,1H3,(H2,17,18,20). The maximum atomic E-state index is 11.9. The third kappa shape index (κ3) is 4.23. The van der Waals surface area contributed by atoms with Gasteiger partial charge >= 0.3 is 6.03 Å². The summed E-state index contributed by atoms with van der Waals surface area (Å²) in [5.41, 5.74) is 1.82. The van der Waals surface area contributed by atoms with E-state index in [1.54, 1.807) is 0 Å². The average molecular weight is 276 g/mol. The molecule has 0 spiro atoms. The van der Waals surface area contributed by atoms with Crippen LogP contribution in [-0.2, 0) is 13.2 Å². The third-order valence-corrected chi connectivity index (χ3v) is 4.08. The molecule has 3 N–H and O–H groups in total. The van der Waals surface area contributed by atoms with E-state index in [0.29, 0.717) is 12.6 Å². The van der Waals surface area contributed by atoms with E-state index < -0.39 is 0 Å². The first-order valence-electron chi connectivity index (χ1n) is 7.41. The Bertz CT molecular complexity index is 440. The van der Waals surface area contributed by atoms with Crippen molar-refractivity contribution in [3.63, 3.8) is 0 Å². The Kier molecular flexibility index (Phi) is 5.41. The number of urea groups is 1. The highest BCUT2D eigenvalue weighted by molar-refractivity contribution is 5.74. The molecule has 1 aliphatic carbocycles. The third-order valence-electron chi connectivity index (χ3n) is 4.08. The number of hydrogen-bond donors (Lipinski definition) is 3. The maximum Gasteiger partial charge on any atom is 0.315 e. The van der Waals surface area contributed by atoms with Gasteiger partial charge in [0.05, 0.1) is 6.61 Å². The van der Waals surface area contributed by atoms with Crippen molar-refractivity contribution in [3.05, 3.63) is 35.4 Å². The first kappa shape index (κ1) is 14.9. The van der Waals surface area contributed by atoms with Gasteiger partial charge in [0, 0.05) is 12.6 Å². The van der Waals surface area contributed by atoms with Crippen LogP contribution in [0.15, 0.2) is 24.3 Å². The highest BCUT2D eigenvalue weighted by Crippen LogP contribution is 2.23. The lowest BCUT2D eigenvalue weighted by molar-refractivity contribution is 0.228. The van der Waals surface area contributed by atoms with Crippen LogP contribution in [0.25, 0.3) is 0 Å². The number of nitrogens with one attached hydrogen (secondary N) is 2. The zero-order chi connectivity index (χ0) is 14.4. The number of aliphatic hydroxyl groups is 1. The predicted octanol–water partition coefficient (Wildman–Crippen LogP) is 2.56. The number of aliphatic hydroxyl groups excluding tert-OH is 1. The molecule has 20 heavy (non-hydrogen) atoms. The molecule has 1 aromatic carbocycles. The van der Waals surface area contributed by atoms with E-state index in [9.17, 15) is 9.90 Å². The Morgan fingerprint density at radius 3 is 2.50 bits per heavy atom. The molecule has 1 saturated carbocycles. The van der Waals surface area contributed by atoms with Crippen molar-refractivity contribution < 1.29 is 9.90 Å². The van der Waals surface area contributed by atoms with Crippen molar-refractivity contribution in [1.29, 1.82) is 0 Å². The summed E-state index contributed by atoms with van der Waals surface area (Å²) in [6.07, 6.45) is 4.53. The first-order chi connectivity index (χ1) is 9.69. The zero-order valence-corrected chi connectivity index (χ0v) is 12.1. The molecule has 1 aliphatic rings. The monoisotopic (exact) mass is 276 g/mol. The van der Waals surface area contributed by atoms with Crippen molar-refractivity contribution in [1.82, 2.24) is 10.6 Å². The van der Waals surface area contributed by atoms with Gasteiger partial charge in [-0.05, 0) is 42.7 Å². The van der Waals surface area contributed by atoms with Crippen LogP contribution in [0.3, 0.4) is 0 Å². The van der Waals surface area contributed by atoms with Crippen LogP contribution in [0, 0.1) is 5.92 Å². The van der Waals surface area contributed by atoms with Crippen molar-refractivity contribution in [2.45, 2.75) is 51.8 Å². The largest absolute Gasteiger partial charge is 0.392 e. The van der Waals surface area contributed by atoms with Crippen molar-refractivity contribution in [2.24, 2.45) is 5.92 Å². The molecule has 2 rings (SSSR count). The molecule has 0 unspecified atom stereocenters. The van der Waals surface area contributed by atoms with Gasteiger partial charge < -0.3 is 15.7 Å². The van der Waals surface area contributed by atoms with Crippen LogP contribution < -0.4 is 10.6 Å². The molecule has 0 heterocycles. The minimum atomic E-state index is -0.114. The summed E-state index contributed by atoms with van der Waals surface area (Å²) in [6, 6.07) is 7.79. The van der Waals surface area contributed by atoms with Gasteiger partial charge in [-0.3, -0.25) is 0 Å². The maximum absolute atomic E-state index is 11.9. The van der Waals surface area contributed by atoms with E-state index in [2.05, 4.69) is 17.6 Å². The number of carbonyl (C=O) groups is 1. The Morgan fingerprint density at radius 1 is 1.20 bits per heavy atom. The molecule has 0 aliphatic heterocycles. The molecule has 2 amide bonds. The van der Waals surface area contributed by atoms with Crippen molar-refractivity contribution in [3.8, 4) is 0 Å². The molecule has 4 nitrogen and oxygen atoms in total. The van der Waals surface area contributed by atoms with E-state index in [1.807, 2.05) is 24.3 Å². The Morgan fingerprint density at radius 2 is 1.85 bits per heavy atom. The van der Waals surface area contributed by atoms with E-state index in [4.69, 9.17) is 0 Å². The van der Waals surface area contributed by atoms with Gasteiger partial charge in [-0.25, -0.2) is 4.79 Å². The predicted molar refractivity (Wildman–Crippen MR) is 79.2 cm³/mol. The summed E-state index contributed by atoms with van der Waals surface area (Å²) < 4.78 is 0. The van der Waals surface area contributed by atoms with Crippen LogP contribution in [-0.4, -0.2) is 17.2 Å². The minimum Gasteiger partial charge on any atom is -0.392 e. The van der Waals surface area contributed by atoms with Crippen LogP contribution in [0.1, 0.15) is 43.7 Å². The van der Waals surface area contributed by atoms with E-state index in [1.165, 1.54) is 12.8 Å². The number of carbonyl (C=O) groups excluding carboxylic acids is 1. The van der Waals surface area contributed by atoms with Gasteiger partial charge in [0.1, 0.15) is 0 Å². The molecule has 0 aromatic heterocycles. The van der Waals surface area contributed by atoms with Crippen molar-refractivity contribution in [2.75, 3.05) is 0 Å². The van der Waals surface area contributed by atoms with E-state index in [0.717, 1.165) is 29.9 Å². The topological polar surface area (TPSA) is 61.4 Å². The van der Waals surface area contributed by atoms with Crippen LogP contribution >= 0.6 is 0 Å². The molecule has 1 aromatic rings. The molecule has 0 radical (unpaired) electrons.